The summed E-state index contributed by atoms with van der Waals surface area (Å²) in [6.07, 6.45) is 9.88. The van der Waals surface area contributed by atoms with E-state index in [9.17, 15) is 0 Å². The Bertz CT molecular complexity index is 677. The van der Waals surface area contributed by atoms with E-state index < -0.39 is 8.07 Å². The van der Waals surface area contributed by atoms with Gasteiger partial charge < -0.3 is 0 Å². The largest absolute Gasteiger partial charge is 0.127 e. The minimum absolute atomic E-state index is 0.827. The maximum atomic E-state index is 2.84. The van der Waals surface area contributed by atoms with Crippen molar-refractivity contribution >= 4 is 31.6 Å². The highest BCUT2D eigenvalue weighted by molar-refractivity contribution is 8.05. The normalized spacial score (nSPS) is 52.9. The Balaban J connectivity index is 1.50. The van der Waals surface area contributed by atoms with E-state index >= 15 is 0 Å². The first-order valence-corrected chi connectivity index (χ1v) is 16.8. The maximum absolute atomic E-state index is 2.84. The molecule has 28 heavy (non-hydrogen) atoms. The van der Waals surface area contributed by atoms with Gasteiger partial charge in [0, 0.05) is 10.5 Å². The fraction of sp³-hybridized carbons (Fsp3) is 0.840. The topological polar surface area (TPSA) is 0 Å². The summed E-state index contributed by atoms with van der Waals surface area (Å²) < 4.78 is 0. The van der Waals surface area contributed by atoms with Crippen LogP contribution in [0.3, 0.4) is 0 Å². The van der Waals surface area contributed by atoms with Gasteiger partial charge in [-0.05, 0) is 95.4 Å². The lowest BCUT2D eigenvalue weighted by atomic mass is 9.70. The van der Waals surface area contributed by atoms with Crippen LogP contribution in [0.1, 0.15) is 53.9 Å². The maximum Gasteiger partial charge on any atom is 0.0566 e. The molecule has 0 spiro atoms. The SMILES string of the molecule is CC1=CC2C(S1)C([Si](C)(C)C1C(C)CC3C1CC(C)C[C@@H]3C)C1SC(C)=C[C@@H]21. The zero-order valence-electron chi connectivity index (χ0n) is 18.9. The molecule has 3 saturated carbocycles. The third-order valence-electron chi connectivity index (χ3n) is 9.58. The van der Waals surface area contributed by atoms with E-state index in [0.29, 0.717) is 0 Å². The number of fused-ring (bicyclic) bond motifs is 4. The molecule has 0 saturated heterocycles. The van der Waals surface area contributed by atoms with Crippen molar-refractivity contribution in [3.63, 3.8) is 0 Å². The monoisotopic (exact) mass is 432 g/mol. The van der Waals surface area contributed by atoms with Crippen LogP contribution in [0.2, 0.25) is 24.2 Å². The van der Waals surface area contributed by atoms with Gasteiger partial charge in [-0.15, -0.1) is 23.5 Å². The molecule has 3 heteroatoms. The van der Waals surface area contributed by atoms with Crippen molar-refractivity contribution in [3.05, 3.63) is 22.0 Å². The molecule has 0 aromatic rings. The standard InChI is InChI=1S/C25H40S2Si/c1-13-8-14(2)18-10-15(3)24(21(18)9-13)28(6,7)25-22-19(11-16(4)26-22)20-12-17(5)27-23(20)25/h11-15,18-25H,8-10H2,1-7H3/t13?,14-,15?,18?,19-,20?,21?,22?,23?,24?,25?/m0/s1. The number of hydrogen-bond donors (Lipinski definition) is 0. The molecule has 0 amide bonds. The molecule has 9 unspecified atom stereocenters. The van der Waals surface area contributed by atoms with E-state index in [-0.39, 0.29) is 0 Å². The molecule has 0 radical (unpaired) electrons. The summed E-state index contributed by atoms with van der Waals surface area (Å²) in [6.45, 7) is 18.2. The minimum atomic E-state index is -1.41. The zero-order chi connectivity index (χ0) is 20.0. The van der Waals surface area contributed by atoms with Gasteiger partial charge in [0.1, 0.15) is 0 Å². The first-order valence-electron chi connectivity index (χ1n) is 11.9. The highest BCUT2D eigenvalue weighted by Gasteiger charge is 2.63. The van der Waals surface area contributed by atoms with Crippen molar-refractivity contribution in [2.45, 2.75) is 88.6 Å². The summed E-state index contributed by atoms with van der Waals surface area (Å²) in [5.41, 5.74) is 2.04. The van der Waals surface area contributed by atoms with Crippen LogP contribution < -0.4 is 0 Å². The molecular formula is C25H40S2Si. The molecule has 0 aromatic carbocycles. The van der Waals surface area contributed by atoms with Gasteiger partial charge >= 0.3 is 0 Å². The molecule has 3 aliphatic carbocycles. The summed E-state index contributed by atoms with van der Waals surface area (Å²) in [6, 6.07) is 0. The summed E-state index contributed by atoms with van der Waals surface area (Å²) >= 11 is 4.55. The molecule has 2 aliphatic heterocycles. The predicted molar refractivity (Wildman–Crippen MR) is 131 cm³/mol. The summed E-state index contributed by atoms with van der Waals surface area (Å²) in [4.78, 5) is 3.23. The van der Waals surface area contributed by atoms with Gasteiger partial charge in [0.25, 0.3) is 0 Å². The molecule has 156 valence electrons. The Morgan fingerprint density at radius 3 is 1.89 bits per heavy atom. The average Bonchev–Trinajstić information content (AvgIpc) is 3.27. The van der Waals surface area contributed by atoms with Gasteiger partial charge in [-0.25, -0.2) is 0 Å². The van der Waals surface area contributed by atoms with Crippen LogP contribution >= 0.6 is 23.5 Å². The fourth-order valence-electron chi connectivity index (χ4n) is 9.01. The van der Waals surface area contributed by atoms with Crippen LogP contribution in [0.25, 0.3) is 0 Å². The highest BCUT2D eigenvalue weighted by Crippen LogP contribution is 2.69. The van der Waals surface area contributed by atoms with Gasteiger partial charge in [-0.3, -0.25) is 0 Å². The number of thioether (sulfide) groups is 2. The van der Waals surface area contributed by atoms with E-state index in [4.69, 9.17) is 0 Å². The van der Waals surface area contributed by atoms with Gasteiger partial charge in [0.2, 0.25) is 0 Å². The van der Waals surface area contributed by atoms with E-state index in [0.717, 1.165) is 63.0 Å². The minimum Gasteiger partial charge on any atom is -0.127 e. The Hall–Kier alpha value is 0.397. The van der Waals surface area contributed by atoms with Crippen LogP contribution in [0.4, 0.5) is 0 Å². The lowest BCUT2D eigenvalue weighted by molar-refractivity contribution is 0.149. The molecule has 11 atom stereocenters. The highest BCUT2D eigenvalue weighted by atomic mass is 32.2. The third-order valence-corrected chi connectivity index (χ3v) is 18.0. The van der Waals surface area contributed by atoms with E-state index in [1.54, 1.807) is 9.81 Å². The number of hydrogen-bond acceptors (Lipinski definition) is 2. The lowest BCUT2D eigenvalue weighted by Crippen LogP contribution is -2.48. The number of allylic oxidation sites excluding steroid dienone is 4. The van der Waals surface area contributed by atoms with E-state index in [2.05, 4.69) is 83.4 Å². The molecular weight excluding hydrogens is 392 g/mol. The Morgan fingerprint density at radius 1 is 0.750 bits per heavy atom. The molecule has 3 fully saturated rings. The Morgan fingerprint density at radius 2 is 1.32 bits per heavy atom. The molecule has 0 nitrogen and oxygen atoms in total. The van der Waals surface area contributed by atoms with Crippen LogP contribution in [-0.2, 0) is 0 Å². The van der Waals surface area contributed by atoms with Crippen LogP contribution in [-0.4, -0.2) is 18.6 Å². The fourth-order valence-corrected chi connectivity index (χ4v) is 20.1. The predicted octanol–water partition coefficient (Wildman–Crippen LogP) is 8.06. The second-order valence-electron chi connectivity index (χ2n) is 11.8. The second kappa shape index (κ2) is 6.95. The molecule has 5 aliphatic rings. The van der Waals surface area contributed by atoms with E-state index in [1.807, 2.05) is 0 Å². The first kappa shape index (κ1) is 20.3. The van der Waals surface area contributed by atoms with Gasteiger partial charge in [0.15, 0.2) is 0 Å². The van der Waals surface area contributed by atoms with Gasteiger partial charge in [0.05, 0.1) is 8.07 Å². The van der Waals surface area contributed by atoms with Crippen molar-refractivity contribution in [2.75, 3.05) is 0 Å². The number of rotatable bonds is 2. The van der Waals surface area contributed by atoms with Crippen LogP contribution in [0, 0.1) is 41.4 Å². The average molecular weight is 433 g/mol. The Labute approximate surface area is 183 Å². The molecule has 0 bridgehead atoms. The summed E-state index contributed by atoms with van der Waals surface area (Å²) in [7, 11) is -1.41. The van der Waals surface area contributed by atoms with Crippen molar-refractivity contribution in [3.8, 4) is 0 Å². The van der Waals surface area contributed by atoms with Crippen molar-refractivity contribution in [1.29, 1.82) is 0 Å². The van der Waals surface area contributed by atoms with Gasteiger partial charge in [-0.1, -0.05) is 46.0 Å². The smallest absolute Gasteiger partial charge is 0.0566 e. The van der Waals surface area contributed by atoms with Crippen molar-refractivity contribution in [2.24, 2.45) is 41.4 Å². The van der Waals surface area contributed by atoms with Crippen LogP contribution in [0.15, 0.2) is 22.0 Å². The van der Waals surface area contributed by atoms with E-state index in [1.165, 1.54) is 19.3 Å². The molecule has 2 heterocycles. The molecule has 0 aromatic heterocycles. The first-order chi connectivity index (χ1) is 13.2. The molecule has 0 N–H and O–H groups in total. The second-order valence-corrected chi connectivity index (χ2v) is 19.7. The zero-order valence-corrected chi connectivity index (χ0v) is 21.6. The summed E-state index contributed by atoms with van der Waals surface area (Å²) in [5.74, 6) is 6.60. The van der Waals surface area contributed by atoms with Crippen molar-refractivity contribution < 1.29 is 0 Å². The van der Waals surface area contributed by atoms with Crippen LogP contribution in [0.5, 0.6) is 0 Å². The Kier molecular flexibility index (Phi) is 5.04. The van der Waals surface area contributed by atoms with Crippen molar-refractivity contribution in [1.82, 2.24) is 0 Å². The third kappa shape index (κ3) is 2.92. The molecule has 5 rings (SSSR count). The quantitative estimate of drug-likeness (QED) is 0.405. The summed E-state index contributed by atoms with van der Waals surface area (Å²) in [5, 5.41) is 1.77. The lowest BCUT2D eigenvalue weighted by Gasteiger charge is -2.48. The van der Waals surface area contributed by atoms with Gasteiger partial charge in [-0.2, -0.15) is 0 Å².